The van der Waals surface area contributed by atoms with Gasteiger partial charge < -0.3 is 46.5 Å². The number of carboxylic acid groups (broad SMARTS) is 1. The number of imidazole rings is 1. The first-order valence-electron chi connectivity index (χ1n) is 9.96. The van der Waals surface area contributed by atoms with Gasteiger partial charge in [0.05, 0.1) is 25.4 Å². The van der Waals surface area contributed by atoms with E-state index in [9.17, 15) is 24.9 Å². The van der Waals surface area contributed by atoms with Crippen LogP contribution in [0.4, 0.5) is 5.95 Å². The van der Waals surface area contributed by atoms with Crippen LogP contribution in [0.5, 0.6) is 0 Å². The number of aliphatic hydroxyl groups excluding tert-OH is 3. The van der Waals surface area contributed by atoms with Gasteiger partial charge in [-0.15, -0.1) is 0 Å². The van der Waals surface area contributed by atoms with Crippen LogP contribution in [0.3, 0.4) is 0 Å². The second-order valence-corrected chi connectivity index (χ2v) is 7.66. The van der Waals surface area contributed by atoms with Crippen LogP contribution in [0.1, 0.15) is 12.6 Å². The molecule has 1 fully saturated rings. The number of H-pyrrole nitrogens is 1. The zero-order valence-electron chi connectivity index (χ0n) is 17.3. The lowest BCUT2D eigenvalue weighted by Gasteiger charge is -2.17. The number of carbonyl (C=O) groups excluding carboxylic acids is 1. The van der Waals surface area contributed by atoms with Crippen molar-refractivity contribution in [3.8, 4) is 0 Å². The van der Waals surface area contributed by atoms with Crippen LogP contribution in [-0.4, -0.2) is 95.9 Å². The molecule has 14 nitrogen and oxygen atoms in total. The van der Waals surface area contributed by atoms with E-state index in [1.54, 1.807) is 12.2 Å². The van der Waals surface area contributed by atoms with Gasteiger partial charge in [0, 0.05) is 13.1 Å². The fourth-order valence-electron chi connectivity index (χ4n) is 3.22. The summed E-state index contributed by atoms with van der Waals surface area (Å²) in [6.45, 7) is 0.0150. The van der Waals surface area contributed by atoms with Gasteiger partial charge in [0.15, 0.2) is 10.9 Å². The molecule has 9 N–H and O–H groups in total. The number of nitrogens with zero attached hydrogens (tertiary/aromatic N) is 3. The fraction of sp³-hybridized carbons (Fsp3) is 0.500. The number of anilines is 1. The number of aromatic amines is 1. The zero-order valence-corrected chi connectivity index (χ0v) is 18.1. The number of hydrogen-bond donors (Lipinski definition) is 8. The number of nitrogens with one attached hydrogen (secondary N) is 3. The summed E-state index contributed by atoms with van der Waals surface area (Å²) in [6, 6.07) is -1.12. The molecule has 1 aliphatic rings. The summed E-state index contributed by atoms with van der Waals surface area (Å²) < 4.78 is 7.20. The van der Waals surface area contributed by atoms with Crippen LogP contribution >= 0.6 is 12.2 Å². The molecule has 3 heterocycles. The summed E-state index contributed by atoms with van der Waals surface area (Å²) in [7, 11) is 0. The monoisotopic (exact) mass is 483 g/mol. The maximum absolute atomic E-state index is 11.7. The third kappa shape index (κ3) is 5.70. The van der Waals surface area contributed by atoms with Gasteiger partial charge >= 0.3 is 5.97 Å². The molecule has 3 rings (SSSR count). The minimum absolute atomic E-state index is 0.161. The Hall–Kier alpha value is -2.95. The van der Waals surface area contributed by atoms with Crippen molar-refractivity contribution in [3.05, 3.63) is 23.1 Å². The number of amides is 1. The van der Waals surface area contributed by atoms with Crippen LogP contribution in [0.15, 0.2) is 18.5 Å². The molecule has 1 amide bonds. The highest BCUT2D eigenvalue weighted by atomic mass is 32.1. The molecule has 0 spiro atoms. The smallest absolute Gasteiger partial charge is 0.305 e. The lowest BCUT2D eigenvalue weighted by molar-refractivity contribution is -0.139. The Morgan fingerprint density at radius 3 is 2.73 bits per heavy atom. The molecule has 0 saturated carbocycles. The van der Waals surface area contributed by atoms with Gasteiger partial charge in [0.1, 0.15) is 29.5 Å². The van der Waals surface area contributed by atoms with E-state index in [1.165, 1.54) is 10.9 Å². The number of aliphatic carboxylic acids is 1. The number of fused-ring (bicyclic) bond motifs is 1. The van der Waals surface area contributed by atoms with Gasteiger partial charge in [-0.25, -0.2) is 9.97 Å². The van der Waals surface area contributed by atoms with E-state index < -0.39 is 55.5 Å². The Kier molecular flexibility index (Phi) is 8.06. The fourth-order valence-corrected chi connectivity index (χ4v) is 3.46. The van der Waals surface area contributed by atoms with E-state index in [2.05, 4.69) is 25.6 Å². The van der Waals surface area contributed by atoms with Crippen molar-refractivity contribution in [2.24, 2.45) is 5.73 Å². The first-order chi connectivity index (χ1) is 15.7. The molecule has 0 radical (unpaired) electrons. The van der Waals surface area contributed by atoms with Crippen molar-refractivity contribution in [1.82, 2.24) is 24.8 Å². The van der Waals surface area contributed by atoms with Crippen LogP contribution in [0.2, 0.25) is 0 Å². The number of nitrogens with two attached hydrogens (primary N) is 1. The number of carbonyl (C=O) groups is 2. The predicted molar refractivity (Wildman–Crippen MR) is 117 cm³/mol. The summed E-state index contributed by atoms with van der Waals surface area (Å²) in [5.41, 5.74) is 6.23. The van der Waals surface area contributed by atoms with E-state index in [0.717, 1.165) is 0 Å². The number of ether oxygens (including phenoxy) is 1. The quantitative estimate of drug-likeness (QED) is 0.136. The van der Waals surface area contributed by atoms with E-state index in [-0.39, 0.29) is 11.2 Å². The zero-order chi connectivity index (χ0) is 24.1. The number of aromatic nitrogens is 4. The summed E-state index contributed by atoms with van der Waals surface area (Å²) >= 11 is 5.27. The third-order valence-electron chi connectivity index (χ3n) is 4.92. The SMILES string of the molecule is NC(CC(=O)O)C(=O)NCC=CCNc1nc(=S)c2ncn([C@@H]3O[C@H](CO)C(O)[C@@H]3O)c2[nH]1. The molecular formula is C18H25N7O7S. The van der Waals surface area contributed by atoms with Crippen molar-refractivity contribution in [3.63, 3.8) is 0 Å². The van der Waals surface area contributed by atoms with Crippen molar-refractivity contribution < 1.29 is 34.8 Å². The number of aliphatic hydroxyl groups is 3. The normalized spacial score (nSPS) is 23.8. The van der Waals surface area contributed by atoms with E-state index >= 15 is 0 Å². The van der Waals surface area contributed by atoms with Crippen LogP contribution in [0, 0.1) is 4.64 Å². The molecule has 1 saturated heterocycles. The molecule has 2 aromatic heterocycles. The molecule has 0 aliphatic carbocycles. The van der Waals surface area contributed by atoms with Gasteiger partial charge in [-0.05, 0) is 0 Å². The second kappa shape index (κ2) is 10.8. The summed E-state index contributed by atoms with van der Waals surface area (Å²) in [4.78, 5) is 33.6. The molecule has 0 bridgehead atoms. The maximum Gasteiger partial charge on any atom is 0.305 e. The molecular weight excluding hydrogens is 458 g/mol. The van der Waals surface area contributed by atoms with Crippen LogP contribution < -0.4 is 16.4 Å². The average molecular weight is 484 g/mol. The van der Waals surface area contributed by atoms with Gasteiger partial charge in [0.25, 0.3) is 0 Å². The summed E-state index contributed by atoms with van der Waals surface area (Å²) in [6.07, 6.45) is -0.182. The molecule has 1 aliphatic heterocycles. The highest BCUT2D eigenvalue weighted by Gasteiger charge is 2.43. The number of hydrogen-bond acceptors (Lipinski definition) is 11. The molecule has 5 atom stereocenters. The van der Waals surface area contributed by atoms with Crippen molar-refractivity contribution in [2.45, 2.75) is 37.0 Å². The number of rotatable bonds is 10. The lowest BCUT2D eigenvalue weighted by atomic mass is 10.1. The lowest BCUT2D eigenvalue weighted by Crippen LogP contribution is -2.41. The molecule has 15 heteroatoms. The van der Waals surface area contributed by atoms with Gasteiger partial charge in [0.2, 0.25) is 11.9 Å². The van der Waals surface area contributed by atoms with E-state index in [0.29, 0.717) is 23.7 Å². The first-order valence-corrected chi connectivity index (χ1v) is 10.4. The Bertz CT molecular complexity index is 1090. The van der Waals surface area contributed by atoms with Crippen LogP contribution in [0.25, 0.3) is 11.2 Å². The summed E-state index contributed by atoms with van der Waals surface area (Å²) in [5.74, 6) is -1.42. The average Bonchev–Trinajstić information content (AvgIpc) is 3.31. The standard InChI is InChI=1S/C18H25N7O7S/c19-8(5-10(27)28)15(31)20-3-1-2-4-21-18-23-14-11(16(33)24-18)22-7-25(14)17-13(30)12(29)9(6-26)32-17/h1-2,7-9,12-13,17,26,29-30H,3-6,19H2,(H,20,31)(H,27,28)(H2,21,23,24,33)/t8?,9-,12?,13+,17-/m1/s1. The Morgan fingerprint density at radius 1 is 1.33 bits per heavy atom. The van der Waals surface area contributed by atoms with Crippen molar-refractivity contribution >= 4 is 41.2 Å². The molecule has 2 aromatic rings. The maximum atomic E-state index is 11.7. The highest BCUT2D eigenvalue weighted by Crippen LogP contribution is 2.31. The second-order valence-electron chi connectivity index (χ2n) is 7.27. The Labute approximate surface area is 192 Å². The topological polar surface area (TPSA) is 221 Å². The third-order valence-corrected chi connectivity index (χ3v) is 5.20. The highest BCUT2D eigenvalue weighted by molar-refractivity contribution is 7.71. The molecule has 2 unspecified atom stereocenters. The largest absolute Gasteiger partial charge is 0.481 e. The van der Waals surface area contributed by atoms with Gasteiger partial charge in [-0.3, -0.25) is 14.2 Å². The van der Waals surface area contributed by atoms with Crippen molar-refractivity contribution in [2.75, 3.05) is 25.0 Å². The molecule has 0 aromatic carbocycles. The van der Waals surface area contributed by atoms with E-state index in [1.807, 2.05) is 0 Å². The Morgan fingerprint density at radius 2 is 2.06 bits per heavy atom. The molecule has 180 valence electrons. The first kappa shape index (κ1) is 24.7. The van der Waals surface area contributed by atoms with Crippen molar-refractivity contribution in [1.29, 1.82) is 0 Å². The summed E-state index contributed by atoms with van der Waals surface area (Å²) in [5, 5.41) is 43.7. The van der Waals surface area contributed by atoms with Gasteiger partial charge in [-0.1, -0.05) is 24.4 Å². The minimum atomic E-state index is -1.28. The molecule has 33 heavy (non-hydrogen) atoms. The van der Waals surface area contributed by atoms with E-state index in [4.69, 9.17) is 27.8 Å². The van der Waals surface area contributed by atoms with Crippen LogP contribution in [-0.2, 0) is 14.3 Å². The predicted octanol–water partition coefficient (Wildman–Crippen LogP) is -2.01. The number of carboxylic acids is 1. The Balaban J connectivity index is 1.61. The minimum Gasteiger partial charge on any atom is -0.481 e. The van der Waals surface area contributed by atoms with Gasteiger partial charge in [-0.2, -0.15) is 0 Å².